The van der Waals surface area contributed by atoms with Gasteiger partial charge in [0.15, 0.2) is 0 Å². The molecule has 2 unspecified atom stereocenters. The molecule has 2 atom stereocenters. The molecule has 4 N–H and O–H groups in total. The summed E-state index contributed by atoms with van der Waals surface area (Å²) >= 11 is 0. The number of aliphatic hydroxyl groups excluding tert-OH is 1. The van der Waals surface area contributed by atoms with E-state index in [9.17, 15) is 23.6 Å². The van der Waals surface area contributed by atoms with Crippen molar-refractivity contribution in [1.82, 2.24) is 4.72 Å². The van der Waals surface area contributed by atoms with Crippen LogP contribution < -0.4 is 10.5 Å². The highest BCUT2D eigenvalue weighted by Gasteiger charge is 2.23. The van der Waals surface area contributed by atoms with E-state index in [0.29, 0.717) is 11.1 Å². The van der Waals surface area contributed by atoms with Gasteiger partial charge < -0.3 is 10.8 Å². The van der Waals surface area contributed by atoms with Crippen LogP contribution in [0.1, 0.15) is 18.1 Å². The molecule has 0 heterocycles. The molecule has 0 amide bonds. The number of hydrogen-bond acceptors (Lipinski definition) is 6. The van der Waals surface area contributed by atoms with Crippen molar-refractivity contribution in [1.29, 1.82) is 0 Å². The lowest BCUT2D eigenvalue weighted by Gasteiger charge is -2.16. The highest BCUT2D eigenvalue weighted by atomic mass is 32.2. The van der Waals surface area contributed by atoms with Gasteiger partial charge in [-0.3, -0.25) is 10.1 Å². The van der Waals surface area contributed by atoms with E-state index in [4.69, 9.17) is 5.73 Å². The van der Waals surface area contributed by atoms with Gasteiger partial charge in [0.25, 0.3) is 5.69 Å². The van der Waals surface area contributed by atoms with Gasteiger partial charge in [-0.25, -0.2) is 13.1 Å². The monoisotopic (exact) mass is 317 g/mol. The molecule has 21 heavy (non-hydrogen) atoms. The first-order valence-electron chi connectivity index (χ1n) is 6.25. The molecule has 1 aromatic carbocycles. The van der Waals surface area contributed by atoms with Crippen LogP contribution in [-0.2, 0) is 10.0 Å². The van der Waals surface area contributed by atoms with E-state index in [1.807, 2.05) is 0 Å². The number of aliphatic hydroxyl groups is 1. The fourth-order valence-corrected chi connectivity index (χ4v) is 3.05. The molecule has 0 bridgehead atoms. The Balaban J connectivity index is 3.16. The Morgan fingerprint density at radius 2 is 2.00 bits per heavy atom. The van der Waals surface area contributed by atoms with Crippen molar-refractivity contribution in [2.24, 2.45) is 5.73 Å². The van der Waals surface area contributed by atoms with E-state index >= 15 is 0 Å². The summed E-state index contributed by atoms with van der Waals surface area (Å²) in [6.45, 7) is 4.45. The molecule has 118 valence electrons. The second kappa shape index (κ2) is 6.48. The molecule has 9 heteroatoms. The maximum Gasteiger partial charge on any atom is 0.271 e. The molecule has 0 aliphatic carbocycles. The number of nitro benzene ring substituents is 1. The van der Waals surface area contributed by atoms with Crippen LogP contribution in [0.25, 0.3) is 0 Å². The van der Waals surface area contributed by atoms with Crippen LogP contribution in [-0.4, -0.2) is 37.1 Å². The third-order valence-electron chi connectivity index (χ3n) is 3.23. The smallest absolute Gasteiger partial charge is 0.271 e. The Hall–Kier alpha value is -1.55. The summed E-state index contributed by atoms with van der Waals surface area (Å²) in [6, 6.07) is 1.56. The van der Waals surface area contributed by atoms with Gasteiger partial charge in [-0.15, -0.1) is 0 Å². The Bertz CT molecular complexity index is 643. The van der Waals surface area contributed by atoms with Crippen molar-refractivity contribution in [3.05, 3.63) is 33.4 Å². The van der Waals surface area contributed by atoms with Gasteiger partial charge in [0, 0.05) is 24.7 Å². The van der Waals surface area contributed by atoms with Gasteiger partial charge in [0.05, 0.1) is 15.9 Å². The van der Waals surface area contributed by atoms with Crippen LogP contribution in [0.5, 0.6) is 0 Å². The highest BCUT2D eigenvalue weighted by Crippen LogP contribution is 2.25. The van der Waals surface area contributed by atoms with Crippen molar-refractivity contribution >= 4 is 15.7 Å². The van der Waals surface area contributed by atoms with Crippen molar-refractivity contribution in [2.45, 2.75) is 37.8 Å². The topological polar surface area (TPSA) is 136 Å². The third kappa shape index (κ3) is 4.21. The standard InChI is InChI=1S/C12H19N3O5S/c1-7-4-10(15(17)18)5-12(8(7)2)21(19,20)14-6-11(13)9(3)16/h4-5,9,11,14,16H,6,13H2,1-3H3. The van der Waals surface area contributed by atoms with E-state index in [1.165, 1.54) is 13.0 Å². The summed E-state index contributed by atoms with van der Waals surface area (Å²) in [5, 5.41) is 20.1. The summed E-state index contributed by atoms with van der Waals surface area (Å²) in [6.07, 6.45) is -0.874. The number of hydrogen-bond donors (Lipinski definition) is 3. The molecule has 0 spiro atoms. The van der Waals surface area contributed by atoms with Crippen molar-refractivity contribution in [3.8, 4) is 0 Å². The van der Waals surface area contributed by atoms with Crippen LogP contribution in [0.2, 0.25) is 0 Å². The molecular formula is C12H19N3O5S. The van der Waals surface area contributed by atoms with Crippen molar-refractivity contribution < 1.29 is 18.4 Å². The van der Waals surface area contributed by atoms with Crippen molar-refractivity contribution in [3.63, 3.8) is 0 Å². The number of nitrogens with two attached hydrogens (primary N) is 1. The quantitative estimate of drug-likeness (QED) is 0.506. The predicted molar refractivity (Wildman–Crippen MR) is 77.4 cm³/mol. The largest absolute Gasteiger partial charge is 0.392 e. The van der Waals surface area contributed by atoms with Crippen LogP contribution >= 0.6 is 0 Å². The maximum atomic E-state index is 12.2. The second-order valence-electron chi connectivity index (χ2n) is 4.90. The molecule has 0 fully saturated rings. The molecule has 1 rings (SSSR count). The predicted octanol–water partition coefficient (Wildman–Crippen LogP) is 0.198. The first-order valence-corrected chi connectivity index (χ1v) is 7.73. The minimum absolute atomic E-state index is 0.160. The van der Waals surface area contributed by atoms with E-state index in [0.717, 1.165) is 6.07 Å². The number of benzene rings is 1. The first kappa shape index (κ1) is 17.5. The van der Waals surface area contributed by atoms with Crippen molar-refractivity contribution in [2.75, 3.05) is 6.54 Å². The molecular weight excluding hydrogens is 298 g/mol. The lowest BCUT2D eigenvalue weighted by molar-refractivity contribution is -0.385. The van der Waals surface area contributed by atoms with Gasteiger partial charge in [0.2, 0.25) is 10.0 Å². The summed E-state index contributed by atoms with van der Waals surface area (Å²) in [7, 11) is -3.94. The van der Waals surface area contributed by atoms with Crippen LogP contribution in [0.4, 0.5) is 5.69 Å². The normalized spacial score (nSPS) is 14.7. The Morgan fingerprint density at radius 1 is 1.43 bits per heavy atom. The molecule has 0 radical (unpaired) electrons. The summed E-state index contributed by atoms with van der Waals surface area (Å²) in [5.74, 6) is 0. The Kier molecular flexibility index (Phi) is 5.40. The lowest BCUT2D eigenvalue weighted by Crippen LogP contribution is -2.43. The number of nitro groups is 1. The number of nitrogens with zero attached hydrogens (tertiary/aromatic N) is 1. The Labute approximate surface area is 123 Å². The molecule has 1 aromatic rings. The number of non-ortho nitro benzene ring substituents is 1. The van der Waals surface area contributed by atoms with Crippen LogP contribution in [0, 0.1) is 24.0 Å². The lowest BCUT2D eigenvalue weighted by atomic mass is 10.1. The minimum Gasteiger partial charge on any atom is -0.392 e. The number of nitrogens with one attached hydrogen (secondary N) is 1. The minimum atomic E-state index is -3.94. The molecule has 0 saturated heterocycles. The van der Waals surface area contributed by atoms with E-state index < -0.39 is 27.1 Å². The zero-order valence-electron chi connectivity index (χ0n) is 12.0. The van der Waals surface area contributed by atoms with Gasteiger partial charge in [-0.1, -0.05) is 0 Å². The average Bonchev–Trinajstić information content (AvgIpc) is 2.38. The maximum absolute atomic E-state index is 12.2. The average molecular weight is 317 g/mol. The Morgan fingerprint density at radius 3 is 2.48 bits per heavy atom. The highest BCUT2D eigenvalue weighted by molar-refractivity contribution is 7.89. The summed E-state index contributed by atoms with van der Waals surface area (Å²) in [5.41, 5.74) is 6.20. The molecule has 0 aliphatic rings. The van der Waals surface area contributed by atoms with Gasteiger partial charge >= 0.3 is 0 Å². The fraction of sp³-hybridized carbons (Fsp3) is 0.500. The SMILES string of the molecule is Cc1cc([N+](=O)[O-])cc(S(=O)(=O)NCC(N)C(C)O)c1C. The fourth-order valence-electron chi connectivity index (χ4n) is 1.65. The first-order chi connectivity index (χ1) is 9.56. The third-order valence-corrected chi connectivity index (χ3v) is 4.78. The molecule has 0 aliphatic heterocycles. The molecule has 8 nitrogen and oxygen atoms in total. The van der Waals surface area contributed by atoms with Gasteiger partial charge in [-0.2, -0.15) is 0 Å². The summed E-state index contributed by atoms with van der Waals surface area (Å²) in [4.78, 5) is 10.0. The van der Waals surface area contributed by atoms with E-state index in [1.54, 1.807) is 13.8 Å². The number of aryl methyl sites for hydroxylation is 1. The van der Waals surface area contributed by atoms with Crippen LogP contribution in [0.15, 0.2) is 17.0 Å². The zero-order chi connectivity index (χ0) is 16.4. The van der Waals surface area contributed by atoms with Gasteiger partial charge in [0.1, 0.15) is 0 Å². The van der Waals surface area contributed by atoms with Crippen LogP contribution in [0.3, 0.4) is 0 Å². The number of sulfonamides is 1. The van der Waals surface area contributed by atoms with E-state index in [-0.39, 0.29) is 17.1 Å². The van der Waals surface area contributed by atoms with E-state index in [2.05, 4.69) is 4.72 Å². The molecule has 0 aromatic heterocycles. The van der Waals surface area contributed by atoms with Gasteiger partial charge in [-0.05, 0) is 31.9 Å². The zero-order valence-corrected chi connectivity index (χ0v) is 12.8. The molecule has 0 saturated carbocycles. The summed E-state index contributed by atoms with van der Waals surface area (Å²) < 4.78 is 26.7. The number of rotatable bonds is 6. The second-order valence-corrected chi connectivity index (χ2v) is 6.63.